The van der Waals surface area contributed by atoms with Crippen LogP contribution in [0.3, 0.4) is 0 Å². The van der Waals surface area contributed by atoms with Gasteiger partial charge in [-0.2, -0.15) is 11.8 Å². The lowest BCUT2D eigenvalue weighted by atomic mass is 10.1. The topological polar surface area (TPSA) is 78.3 Å². The maximum atomic E-state index is 12.2. The van der Waals surface area contributed by atoms with E-state index in [0.717, 1.165) is 5.52 Å². The van der Waals surface area contributed by atoms with Crippen LogP contribution in [-0.2, 0) is 0 Å². The average molecular weight is 312 g/mol. The van der Waals surface area contributed by atoms with Gasteiger partial charge in [-0.05, 0) is 43.6 Å². The molecule has 108 valence electrons. The van der Waals surface area contributed by atoms with Crippen molar-refractivity contribution in [2.24, 2.45) is 0 Å². The molecule has 0 aliphatic heterocycles. The molecule has 0 saturated heterocycles. The molecule has 1 aromatic heterocycles. The van der Waals surface area contributed by atoms with Crippen LogP contribution in [0.5, 0.6) is 0 Å². The van der Waals surface area contributed by atoms with Crippen molar-refractivity contribution in [3.05, 3.63) is 28.6 Å². The average Bonchev–Trinajstić information content (AvgIpc) is 2.78. The minimum absolute atomic E-state index is 0.0219. The number of aliphatic hydroxyl groups is 1. The molecule has 2 unspecified atom stereocenters. The number of hydrogen-bond donors (Lipinski definition) is 3. The molecule has 2 atom stereocenters. The summed E-state index contributed by atoms with van der Waals surface area (Å²) in [6.07, 6.45) is 1.90. The molecule has 20 heavy (non-hydrogen) atoms. The number of carbonyl (C=O) groups is 1. The van der Waals surface area contributed by atoms with Gasteiger partial charge in [0.05, 0.1) is 12.1 Å². The van der Waals surface area contributed by atoms with Crippen molar-refractivity contribution in [3.8, 4) is 0 Å². The normalized spacial score (nSPS) is 14.2. The fraction of sp³-hybridized carbons (Fsp3) is 0.385. The van der Waals surface area contributed by atoms with Crippen LogP contribution in [0.1, 0.15) is 17.3 Å². The van der Waals surface area contributed by atoms with Gasteiger partial charge in [-0.15, -0.1) is 0 Å². The van der Waals surface area contributed by atoms with Crippen LogP contribution in [0, 0.1) is 4.84 Å². The molecule has 1 heterocycles. The van der Waals surface area contributed by atoms with E-state index < -0.39 is 0 Å². The second kappa shape index (κ2) is 6.43. The van der Waals surface area contributed by atoms with E-state index in [4.69, 9.17) is 16.6 Å². The summed E-state index contributed by atoms with van der Waals surface area (Å²) in [5.74, 6) is -0.200. The third kappa shape index (κ3) is 3.23. The Bertz CT molecular complexity index is 661. The van der Waals surface area contributed by atoms with Gasteiger partial charge in [-0.1, -0.05) is 0 Å². The van der Waals surface area contributed by atoms with Crippen LogP contribution in [-0.4, -0.2) is 40.2 Å². The summed E-state index contributed by atoms with van der Waals surface area (Å²) in [4.78, 5) is 15.3. The summed E-state index contributed by atoms with van der Waals surface area (Å²) in [6.45, 7) is 1.89. The number of thioether (sulfide) groups is 1. The smallest absolute Gasteiger partial charge is 0.266 e. The van der Waals surface area contributed by atoms with Crippen molar-refractivity contribution >= 4 is 41.0 Å². The molecule has 2 rings (SSSR count). The van der Waals surface area contributed by atoms with Crippen molar-refractivity contribution in [1.82, 2.24) is 10.3 Å². The number of H-pyrrole nitrogens is 1. The molecule has 0 radical (unpaired) electrons. The van der Waals surface area contributed by atoms with Gasteiger partial charge in [0.1, 0.15) is 0 Å². The van der Waals surface area contributed by atoms with Gasteiger partial charge in [-0.25, -0.2) is 0 Å². The minimum atomic E-state index is -0.200. The van der Waals surface area contributed by atoms with Crippen LogP contribution in [0.2, 0.25) is 0 Å². The van der Waals surface area contributed by atoms with Gasteiger partial charge in [0.25, 0.3) is 10.7 Å². The van der Waals surface area contributed by atoms with Crippen LogP contribution in [0.25, 0.3) is 11.1 Å². The Labute approximate surface area is 125 Å². The lowest BCUT2D eigenvalue weighted by Gasteiger charge is -2.21. The van der Waals surface area contributed by atoms with E-state index >= 15 is 0 Å². The number of amides is 1. The summed E-state index contributed by atoms with van der Waals surface area (Å²) in [5, 5.41) is 12.1. The molecule has 0 fully saturated rings. The summed E-state index contributed by atoms with van der Waals surface area (Å²) >= 11 is 6.42. The van der Waals surface area contributed by atoms with Crippen molar-refractivity contribution in [1.29, 1.82) is 0 Å². The van der Waals surface area contributed by atoms with Crippen LogP contribution in [0.15, 0.2) is 22.6 Å². The summed E-state index contributed by atoms with van der Waals surface area (Å²) in [5.41, 5.74) is 1.82. The quantitative estimate of drug-likeness (QED) is 0.739. The molecule has 2 aromatic rings. The summed E-state index contributed by atoms with van der Waals surface area (Å²) in [6, 6.07) is 4.98. The highest BCUT2D eigenvalue weighted by molar-refractivity contribution is 7.99. The number of benzene rings is 1. The van der Waals surface area contributed by atoms with E-state index in [-0.39, 0.29) is 28.6 Å². The Balaban J connectivity index is 2.16. The first kappa shape index (κ1) is 15.1. The molecule has 0 aliphatic carbocycles. The molecule has 1 amide bonds. The predicted octanol–water partition coefficient (Wildman–Crippen LogP) is 2.33. The van der Waals surface area contributed by atoms with Gasteiger partial charge in [0.2, 0.25) is 0 Å². The van der Waals surface area contributed by atoms with Crippen molar-refractivity contribution in [2.45, 2.75) is 18.2 Å². The number of aromatic nitrogens is 1. The molecule has 0 bridgehead atoms. The van der Waals surface area contributed by atoms with E-state index in [1.165, 1.54) is 11.8 Å². The van der Waals surface area contributed by atoms with Gasteiger partial charge >= 0.3 is 0 Å². The van der Waals surface area contributed by atoms with Crippen LogP contribution >= 0.6 is 24.0 Å². The molecule has 3 N–H and O–H groups in total. The maximum absolute atomic E-state index is 12.2. The number of hydrogen-bond acceptors (Lipinski definition) is 5. The zero-order valence-corrected chi connectivity index (χ0v) is 12.8. The third-order valence-electron chi connectivity index (χ3n) is 3.08. The zero-order chi connectivity index (χ0) is 14.7. The van der Waals surface area contributed by atoms with E-state index in [1.54, 1.807) is 18.2 Å². The highest BCUT2D eigenvalue weighted by Gasteiger charge is 2.18. The minimum Gasteiger partial charge on any atom is -0.429 e. The Morgan fingerprint density at radius 3 is 3.00 bits per heavy atom. The Kier molecular flexibility index (Phi) is 4.85. The van der Waals surface area contributed by atoms with Crippen LogP contribution < -0.4 is 5.32 Å². The van der Waals surface area contributed by atoms with Crippen molar-refractivity contribution < 1.29 is 14.3 Å². The predicted molar refractivity (Wildman–Crippen MR) is 82.7 cm³/mol. The zero-order valence-electron chi connectivity index (χ0n) is 11.2. The molecular weight excluding hydrogens is 296 g/mol. The fourth-order valence-electron chi connectivity index (χ4n) is 1.91. The number of fused-ring (bicyclic) bond motifs is 1. The molecule has 0 spiro atoms. The van der Waals surface area contributed by atoms with Gasteiger partial charge in [0, 0.05) is 16.9 Å². The molecular formula is C13H16N2O3S2. The Hall–Kier alpha value is -1.31. The molecule has 0 aliphatic rings. The van der Waals surface area contributed by atoms with Crippen molar-refractivity contribution in [2.75, 3.05) is 12.9 Å². The monoisotopic (exact) mass is 312 g/mol. The fourth-order valence-corrected chi connectivity index (χ4v) is 2.73. The lowest BCUT2D eigenvalue weighted by molar-refractivity contribution is 0.0936. The van der Waals surface area contributed by atoms with E-state index in [9.17, 15) is 9.90 Å². The number of oxazole rings is 1. The van der Waals surface area contributed by atoms with Crippen LogP contribution in [0.4, 0.5) is 0 Å². The molecule has 0 saturated carbocycles. The Morgan fingerprint density at radius 2 is 2.35 bits per heavy atom. The largest absolute Gasteiger partial charge is 0.429 e. The van der Waals surface area contributed by atoms with E-state index in [0.29, 0.717) is 11.1 Å². The SMILES string of the molecule is CSC(CO)C(C)NC(=O)c1ccc2[nH]c(=S)oc2c1. The number of rotatable bonds is 5. The maximum Gasteiger partial charge on any atom is 0.266 e. The second-order valence-corrected chi connectivity index (χ2v) is 5.89. The first-order valence-corrected chi connectivity index (χ1v) is 7.82. The van der Waals surface area contributed by atoms with Gasteiger partial charge < -0.3 is 19.8 Å². The number of nitrogens with one attached hydrogen (secondary N) is 2. The number of aromatic amines is 1. The number of carbonyl (C=O) groups excluding carboxylic acids is 1. The Morgan fingerprint density at radius 1 is 1.60 bits per heavy atom. The van der Waals surface area contributed by atoms with E-state index in [2.05, 4.69) is 10.3 Å². The summed E-state index contributed by atoms with van der Waals surface area (Å²) in [7, 11) is 0. The van der Waals surface area contributed by atoms with E-state index in [1.807, 2.05) is 13.2 Å². The lowest BCUT2D eigenvalue weighted by Crippen LogP contribution is -2.41. The highest BCUT2D eigenvalue weighted by atomic mass is 32.2. The van der Waals surface area contributed by atoms with Gasteiger partial charge in [0.15, 0.2) is 5.58 Å². The van der Waals surface area contributed by atoms with Crippen molar-refractivity contribution in [3.63, 3.8) is 0 Å². The number of aliphatic hydroxyl groups excluding tert-OH is 1. The highest BCUT2D eigenvalue weighted by Crippen LogP contribution is 2.16. The third-order valence-corrected chi connectivity index (χ3v) is 4.43. The summed E-state index contributed by atoms with van der Waals surface area (Å²) < 4.78 is 5.29. The first-order valence-electron chi connectivity index (χ1n) is 6.12. The molecule has 1 aromatic carbocycles. The van der Waals surface area contributed by atoms with Gasteiger partial charge in [-0.3, -0.25) is 4.79 Å². The molecule has 5 nitrogen and oxygen atoms in total. The first-order chi connectivity index (χ1) is 9.55. The standard InChI is InChI=1S/C13H16N2O3S2/c1-7(11(6-16)20-2)14-12(17)8-3-4-9-10(5-8)18-13(19)15-9/h3-5,7,11,16H,6H2,1-2H3,(H,14,17)(H,15,19). The second-order valence-electron chi connectivity index (χ2n) is 4.44. The molecule has 7 heteroatoms.